The summed E-state index contributed by atoms with van der Waals surface area (Å²) in [5.74, 6) is 0.927. The predicted molar refractivity (Wildman–Crippen MR) is 58.6 cm³/mol. The van der Waals surface area contributed by atoms with Crippen molar-refractivity contribution in [1.82, 2.24) is 4.90 Å². The third-order valence-electron chi connectivity index (χ3n) is 2.84. The van der Waals surface area contributed by atoms with Gasteiger partial charge >= 0.3 is 0 Å². The smallest absolute Gasteiger partial charge is 0.263 e. The molecule has 1 aliphatic rings. The van der Waals surface area contributed by atoms with Crippen molar-refractivity contribution in [1.29, 1.82) is 0 Å². The summed E-state index contributed by atoms with van der Waals surface area (Å²) in [5.41, 5.74) is 0. The molecule has 1 heterocycles. The van der Waals surface area contributed by atoms with Crippen LogP contribution < -0.4 is 0 Å². The summed E-state index contributed by atoms with van der Waals surface area (Å²) >= 11 is 1.52. The van der Waals surface area contributed by atoms with E-state index in [4.69, 9.17) is 0 Å². The topological polar surface area (TPSA) is 20.3 Å². The van der Waals surface area contributed by atoms with Crippen LogP contribution >= 0.6 is 11.3 Å². The molecule has 3 heteroatoms. The molecule has 0 atom stereocenters. The van der Waals surface area contributed by atoms with Gasteiger partial charge in [0.25, 0.3) is 5.91 Å². The van der Waals surface area contributed by atoms with Gasteiger partial charge in [0.2, 0.25) is 0 Å². The normalized spacial score (nSPS) is 16.4. The van der Waals surface area contributed by atoms with Crippen molar-refractivity contribution in [3.05, 3.63) is 22.4 Å². The first-order chi connectivity index (χ1) is 6.77. The zero-order valence-corrected chi connectivity index (χ0v) is 9.22. The molecule has 76 valence electrons. The summed E-state index contributed by atoms with van der Waals surface area (Å²) in [4.78, 5) is 14.5. The first kappa shape index (κ1) is 9.71. The highest BCUT2D eigenvalue weighted by Crippen LogP contribution is 2.27. The Kier molecular flexibility index (Phi) is 2.87. The summed E-state index contributed by atoms with van der Waals surface area (Å²) in [6.45, 7) is 0.927. The van der Waals surface area contributed by atoms with Crippen molar-refractivity contribution in [3.8, 4) is 0 Å². The molecule has 2 rings (SSSR count). The van der Waals surface area contributed by atoms with E-state index in [0.29, 0.717) is 0 Å². The maximum atomic E-state index is 11.8. The van der Waals surface area contributed by atoms with Crippen LogP contribution in [-0.2, 0) is 0 Å². The second-order valence-electron chi connectivity index (χ2n) is 3.96. The van der Waals surface area contributed by atoms with E-state index in [-0.39, 0.29) is 5.91 Å². The highest BCUT2D eigenvalue weighted by molar-refractivity contribution is 7.12. The van der Waals surface area contributed by atoms with Gasteiger partial charge in [0, 0.05) is 13.6 Å². The number of thiophene rings is 1. The first-order valence-electron chi connectivity index (χ1n) is 5.06. The number of carbonyl (C=O) groups excluding carboxylic acids is 1. The molecule has 0 unspecified atom stereocenters. The van der Waals surface area contributed by atoms with Crippen LogP contribution in [0.4, 0.5) is 0 Å². The maximum Gasteiger partial charge on any atom is 0.263 e. The van der Waals surface area contributed by atoms with E-state index in [1.165, 1.54) is 30.6 Å². The molecule has 1 aliphatic carbocycles. The quantitative estimate of drug-likeness (QED) is 0.749. The van der Waals surface area contributed by atoms with Gasteiger partial charge < -0.3 is 4.90 Å². The van der Waals surface area contributed by atoms with E-state index in [2.05, 4.69) is 0 Å². The molecule has 14 heavy (non-hydrogen) atoms. The van der Waals surface area contributed by atoms with E-state index in [0.717, 1.165) is 17.3 Å². The van der Waals surface area contributed by atoms with Crippen LogP contribution in [0.2, 0.25) is 0 Å². The predicted octanol–water partition coefficient (Wildman–Crippen LogP) is 2.62. The van der Waals surface area contributed by atoms with Crippen molar-refractivity contribution in [2.45, 2.75) is 19.3 Å². The summed E-state index contributed by atoms with van der Waals surface area (Å²) in [6, 6.07) is 3.82. The number of hydrogen-bond donors (Lipinski definition) is 0. The van der Waals surface area contributed by atoms with Crippen molar-refractivity contribution in [3.63, 3.8) is 0 Å². The van der Waals surface area contributed by atoms with Gasteiger partial charge in [-0.15, -0.1) is 11.3 Å². The number of amides is 1. The Morgan fingerprint density at radius 1 is 1.64 bits per heavy atom. The van der Waals surface area contributed by atoms with Crippen LogP contribution in [0.5, 0.6) is 0 Å². The van der Waals surface area contributed by atoms with E-state index in [9.17, 15) is 4.79 Å². The maximum absolute atomic E-state index is 11.8. The molecular formula is C11H15NOS. The lowest BCUT2D eigenvalue weighted by atomic mass is 9.85. The lowest BCUT2D eigenvalue weighted by Gasteiger charge is -2.29. The molecule has 0 spiro atoms. The Hall–Kier alpha value is -0.830. The Morgan fingerprint density at radius 3 is 2.93 bits per heavy atom. The lowest BCUT2D eigenvalue weighted by Crippen LogP contribution is -2.33. The highest BCUT2D eigenvalue weighted by Gasteiger charge is 2.22. The average Bonchev–Trinajstić information content (AvgIpc) is 2.62. The summed E-state index contributed by atoms with van der Waals surface area (Å²) < 4.78 is 0. The van der Waals surface area contributed by atoms with Crippen LogP contribution in [0.3, 0.4) is 0 Å². The second-order valence-corrected chi connectivity index (χ2v) is 4.91. The minimum atomic E-state index is 0.173. The van der Waals surface area contributed by atoms with Crippen molar-refractivity contribution < 1.29 is 4.79 Å². The summed E-state index contributed by atoms with van der Waals surface area (Å²) in [7, 11) is 1.90. The molecule has 0 radical (unpaired) electrons. The van der Waals surface area contributed by atoms with Crippen LogP contribution in [-0.4, -0.2) is 24.4 Å². The minimum absolute atomic E-state index is 0.173. The highest BCUT2D eigenvalue weighted by atomic mass is 32.1. The fourth-order valence-electron chi connectivity index (χ4n) is 1.73. The van der Waals surface area contributed by atoms with Crippen LogP contribution in [0.25, 0.3) is 0 Å². The zero-order valence-electron chi connectivity index (χ0n) is 8.40. The van der Waals surface area contributed by atoms with Crippen LogP contribution in [0, 0.1) is 5.92 Å². The van der Waals surface area contributed by atoms with E-state index >= 15 is 0 Å². The van der Waals surface area contributed by atoms with Crippen LogP contribution in [0.15, 0.2) is 17.5 Å². The molecule has 0 N–H and O–H groups in total. The monoisotopic (exact) mass is 209 g/mol. The number of rotatable bonds is 3. The molecule has 0 aromatic carbocycles. The third kappa shape index (κ3) is 1.98. The number of carbonyl (C=O) groups is 1. The first-order valence-corrected chi connectivity index (χ1v) is 5.94. The van der Waals surface area contributed by atoms with Gasteiger partial charge in [-0.2, -0.15) is 0 Å². The van der Waals surface area contributed by atoms with Gasteiger partial charge in [0.1, 0.15) is 0 Å². The average molecular weight is 209 g/mol. The van der Waals surface area contributed by atoms with Crippen molar-refractivity contribution in [2.75, 3.05) is 13.6 Å². The molecule has 2 nitrogen and oxygen atoms in total. The molecular weight excluding hydrogens is 194 g/mol. The summed E-state index contributed by atoms with van der Waals surface area (Å²) in [6.07, 6.45) is 3.93. The Bertz CT molecular complexity index is 303. The van der Waals surface area contributed by atoms with E-state index in [1.54, 1.807) is 0 Å². The third-order valence-corrected chi connectivity index (χ3v) is 3.69. The standard InChI is InChI=1S/C11H15NOS/c1-12(8-9-4-2-5-9)11(13)10-6-3-7-14-10/h3,6-7,9H,2,4-5,8H2,1H3. The minimum Gasteiger partial charge on any atom is -0.341 e. The Labute approximate surface area is 88.5 Å². The fourth-order valence-corrected chi connectivity index (χ4v) is 2.45. The number of hydrogen-bond acceptors (Lipinski definition) is 2. The van der Waals surface area contributed by atoms with Gasteiger partial charge in [0.05, 0.1) is 4.88 Å². The molecule has 1 amide bonds. The van der Waals surface area contributed by atoms with E-state index < -0.39 is 0 Å². The van der Waals surface area contributed by atoms with Crippen molar-refractivity contribution >= 4 is 17.2 Å². The molecule has 1 fully saturated rings. The molecule has 1 aromatic heterocycles. The lowest BCUT2D eigenvalue weighted by molar-refractivity contribution is 0.0750. The SMILES string of the molecule is CN(CC1CCC1)C(=O)c1cccs1. The van der Waals surface area contributed by atoms with Crippen LogP contribution in [0.1, 0.15) is 28.9 Å². The Morgan fingerprint density at radius 2 is 2.43 bits per heavy atom. The molecule has 1 saturated carbocycles. The van der Waals surface area contributed by atoms with Gasteiger partial charge in [0.15, 0.2) is 0 Å². The zero-order chi connectivity index (χ0) is 9.97. The second kappa shape index (κ2) is 4.13. The molecule has 1 aromatic rings. The number of nitrogens with zero attached hydrogens (tertiary/aromatic N) is 1. The van der Waals surface area contributed by atoms with E-state index in [1.807, 2.05) is 29.5 Å². The summed E-state index contributed by atoms with van der Waals surface area (Å²) in [5, 5.41) is 1.95. The van der Waals surface area contributed by atoms with Gasteiger partial charge in [-0.05, 0) is 30.2 Å². The van der Waals surface area contributed by atoms with Gasteiger partial charge in [-0.3, -0.25) is 4.79 Å². The molecule has 0 bridgehead atoms. The Balaban J connectivity index is 1.90. The fraction of sp³-hybridized carbons (Fsp3) is 0.545. The molecule has 0 saturated heterocycles. The largest absolute Gasteiger partial charge is 0.341 e. The van der Waals surface area contributed by atoms with Gasteiger partial charge in [-0.25, -0.2) is 0 Å². The van der Waals surface area contributed by atoms with Gasteiger partial charge in [-0.1, -0.05) is 12.5 Å². The van der Waals surface area contributed by atoms with Crippen molar-refractivity contribution in [2.24, 2.45) is 5.92 Å². The molecule has 0 aliphatic heterocycles.